The van der Waals surface area contributed by atoms with E-state index in [4.69, 9.17) is 16.0 Å². The zero-order valence-electron chi connectivity index (χ0n) is 13.6. The number of nitrogens with two attached hydrogens (primary N) is 1. The molecule has 0 fully saturated rings. The Hall–Kier alpha value is -2.56. The SMILES string of the molecule is [2H]c1c([2H])c(Oc2ccnc(C(=O)NC)c2)c([2H])c([2H])c1N. The van der Waals surface area contributed by atoms with Gasteiger partial charge in [0.25, 0.3) is 5.91 Å². The lowest BCUT2D eigenvalue weighted by Gasteiger charge is -2.06. The molecule has 92 valence electrons. The first-order valence-electron chi connectivity index (χ1n) is 7.08. The van der Waals surface area contributed by atoms with E-state index in [1.807, 2.05) is 0 Å². The van der Waals surface area contributed by atoms with E-state index >= 15 is 0 Å². The molecule has 2 rings (SSSR count). The topological polar surface area (TPSA) is 77.2 Å². The summed E-state index contributed by atoms with van der Waals surface area (Å²) in [6, 6.07) is 1.23. The summed E-state index contributed by atoms with van der Waals surface area (Å²) in [6.07, 6.45) is 1.34. The van der Waals surface area contributed by atoms with Crippen molar-refractivity contribution in [2.45, 2.75) is 0 Å². The van der Waals surface area contributed by atoms with Gasteiger partial charge in [-0.3, -0.25) is 9.78 Å². The summed E-state index contributed by atoms with van der Waals surface area (Å²) < 4.78 is 36.3. The van der Waals surface area contributed by atoms with Crippen LogP contribution in [0.5, 0.6) is 11.5 Å². The summed E-state index contributed by atoms with van der Waals surface area (Å²) >= 11 is 0. The molecule has 0 saturated carbocycles. The van der Waals surface area contributed by atoms with Crippen LogP contribution in [0, 0.1) is 0 Å². The fraction of sp³-hybridized carbons (Fsp3) is 0.0769. The molecule has 0 bridgehead atoms. The highest BCUT2D eigenvalue weighted by molar-refractivity contribution is 5.92. The van der Waals surface area contributed by atoms with Crippen LogP contribution in [0.4, 0.5) is 5.69 Å². The van der Waals surface area contributed by atoms with Crippen molar-refractivity contribution >= 4 is 11.6 Å². The van der Waals surface area contributed by atoms with E-state index in [-0.39, 0.29) is 35.0 Å². The molecule has 1 aromatic heterocycles. The van der Waals surface area contributed by atoms with E-state index in [0.717, 1.165) is 0 Å². The molecular formula is C13H13N3O2. The molecule has 5 heteroatoms. The van der Waals surface area contributed by atoms with Crippen molar-refractivity contribution in [3.8, 4) is 11.5 Å². The third-order valence-corrected chi connectivity index (χ3v) is 2.03. The largest absolute Gasteiger partial charge is 0.457 e. The number of hydrogen-bond acceptors (Lipinski definition) is 4. The molecule has 0 saturated heterocycles. The minimum absolute atomic E-state index is 0.103. The Labute approximate surface area is 110 Å². The van der Waals surface area contributed by atoms with Gasteiger partial charge in [0.1, 0.15) is 17.2 Å². The molecule has 1 aromatic carbocycles. The second-order valence-corrected chi connectivity index (χ2v) is 3.30. The molecule has 5 nitrogen and oxygen atoms in total. The second-order valence-electron chi connectivity index (χ2n) is 3.30. The van der Waals surface area contributed by atoms with Gasteiger partial charge in [0.2, 0.25) is 0 Å². The quantitative estimate of drug-likeness (QED) is 0.811. The predicted molar refractivity (Wildman–Crippen MR) is 68.6 cm³/mol. The molecule has 18 heavy (non-hydrogen) atoms. The Morgan fingerprint density at radius 2 is 2.11 bits per heavy atom. The third kappa shape index (κ3) is 2.76. The van der Waals surface area contributed by atoms with Crippen LogP contribution in [0.15, 0.2) is 42.5 Å². The van der Waals surface area contributed by atoms with Crippen LogP contribution in [0.25, 0.3) is 0 Å². The zero-order chi connectivity index (χ0) is 16.4. The van der Waals surface area contributed by atoms with Gasteiger partial charge in [-0.15, -0.1) is 0 Å². The van der Waals surface area contributed by atoms with Gasteiger partial charge in [-0.05, 0) is 30.2 Å². The molecular weight excluding hydrogens is 230 g/mol. The van der Waals surface area contributed by atoms with Crippen LogP contribution in [-0.4, -0.2) is 17.9 Å². The van der Waals surface area contributed by atoms with E-state index in [1.165, 1.54) is 25.4 Å². The third-order valence-electron chi connectivity index (χ3n) is 2.03. The number of rotatable bonds is 3. The Morgan fingerprint density at radius 3 is 2.78 bits per heavy atom. The number of amides is 1. The number of ether oxygens (including phenoxy) is 1. The summed E-state index contributed by atoms with van der Waals surface area (Å²) in [7, 11) is 1.46. The van der Waals surface area contributed by atoms with Crippen LogP contribution in [0.1, 0.15) is 16.0 Å². The van der Waals surface area contributed by atoms with Crippen molar-refractivity contribution in [3.05, 3.63) is 48.2 Å². The van der Waals surface area contributed by atoms with E-state index < -0.39 is 18.0 Å². The molecule has 3 N–H and O–H groups in total. The van der Waals surface area contributed by atoms with Crippen molar-refractivity contribution in [2.75, 3.05) is 12.8 Å². The average Bonchev–Trinajstić information content (AvgIpc) is 2.54. The number of nitrogen functional groups attached to an aromatic ring is 1. The molecule has 0 spiro atoms. The molecule has 0 radical (unpaired) electrons. The van der Waals surface area contributed by atoms with Gasteiger partial charge in [-0.2, -0.15) is 0 Å². The first kappa shape index (κ1) is 7.71. The Kier molecular flexibility index (Phi) is 2.22. The lowest BCUT2D eigenvalue weighted by Crippen LogP contribution is -2.18. The van der Waals surface area contributed by atoms with Gasteiger partial charge in [-0.25, -0.2) is 0 Å². The van der Waals surface area contributed by atoms with Gasteiger partial charge >= 0.3 is 0 Å². The van der Waals surface area contributed by atoms with E-state index in [0.29, 0.717) is 0 Å². The normalized spacial score (nSPS) is 12.9. The summed E-state index contributed by atoms with van der Waals surface area (Å²) in [6.45, 7) is 0. The molecule has 0 unspecified atom stereocenters. The maximum Gasteiger partial charge on any atom is 0.269 e. The van der Waals surface area contributed by atoms with Gasteiger partial charge in [0, 0.05) is 25.0 Å². The fourth-order valence-corrected chi connectivity index (χ4v) is 1.21. The molecule has 0 aliphatic rings. The number of anilines is 1. The van der Waals surface area contributed by atoms with E-state index in [9.17, 15) is 4.79 Å². The summed E-state index contributed by atoms with van der Waals surface area (Å²) in [5.74, 6) is -0.514. The highest BCUT2D eigenvalue weighted by atomic mass is 16.5. The zero-order valence-corrected chi connectivity index (χ0v) is 9.57. The molecule has 1 amide bonds. The highest BCUT2D eigenvalue weighted by Gasteiger charge is 2.06. The Bertz CT molecular complexity index is 723. The number of carbonyl (C=O) groups is 1. The molecule has 0 aliphatic carbocycles. The first-order valence-corrected chi connectivity index (χ1v) is 5.08. The number of carbonyl (C=O) groups excluding carboxylic acids is 1. The standard InChI is InChI=1S/C13H13N3O2/c1-15-13(17)12-8-11(6-7-16-12)18-10-4-2-9(14)3-5-10/h2-8H,14H2,1H3,(H,15,17)/i2D,3D,4D,5D. The van der Waals surface area contributed by atoms with Crippen LogP contribution >= 0.6 is 0 Å². The summed E-state index contributed by atoms with van der Waals surface area (Å²) in [5, 5.41) is 2.41. The maximum absolute atomic E-state index is 11.5. The predicted octanol–water partition coefficient (Wildman–Crippen LogP) is 1.82. The van der Waals surface area contributed by atoms with Crippen molar-refractivity contribution in [1.82, 2.24) is 10.3 Å². The Balaban J connectivity index is 2.46. The second kappa shape index (κ2) is 5.18. The number of nitrogens with one attached hydrogen (secondary N) is 1. The van der Waals surface area contributed by atoms with Gasteiger partial charge in [-0.1, -0.05) is 0 Å². The van der Waals surface area contributed by atoms with Crippen molar-refractivity contribution in [1.29, 1.82) is 0 Å². The lowest BCUT2D eigenvalue weighted by molar-refractivity contribution is 0.0958. The van der Waals surface area contributed by atoms with Crippen molar-refractivity contribution in [2.24, 2.45) is 0 Å². The van der Waals surface area contributed by atoms with Gasteiger partial charge < -0.3 is 15.8 Å². The molecule has 2 aromatic rings. The van der Waals surface area contributed by atoms with Crippen LogP contribution in [-0.2, 0) is 0 Å². The van der Waals surface area contributed by atoms with E-state index in [2.05, 4.69) is 10.3 Å². The molecule has 0 aliphatic heterocycles. The van der Waals surface area contributed by atoms with Gasteiger partial charge in [0.15, 0.2) is 0 Å². The average molecular weight is 247 g/mol. The maximum atomic E-state index is 11.5. The highest BCUT2D eigenvalue weighted by Crippen LogP contribution is 2.22. The number of hydrogen-bond donors (Lipinski definition) is 2. The summed E-state index contributed by atoms with van der Waals surface area (Å²) in [4.78, 5) is 15.4. The van der Waals surface area contributed by atoms with Crippen LogP contribution in [0.3, 0.4) is 0 Å². The number of pyridine rings is 1. The lowest BCUT2D eigenvalue weighted by atomic mass is 10.3. The monoisotopic (exact) mass is 247 g/mol. The molecule has 0 atom stereocenters. The smallest absolute Gasteiger partial charge is 0.269 e. The fourth-order valence-electron chi connectivity index (χ4n) is 1.21. The number of aromatic nitrogens is 1. The van der Waals surface area contributed by atoms with Crippen molar-refractivity contribution < 1.29 is 15.0 Å². The minimum atomic E-state index is -0.415. The number of nitrogens with zero attached hydrogens (tertiary/aromatic N) is 1. The Morgan fingerprint density at radius 1 is 1.39 bits per heavy atom. The summed E-state index contributed by atoms with van der Waals surface area (Å²) in [5.41, 5.74) is 5.35. The van der Waals surface area contributed by atoms with Crippen LogP contribution in [0.2, 0.25) is 0 Å². The van der Waals surface area contributed by atoms with Crippen molar-refractivity contribution in [3.63, 3.8) is 0 Å². The van der Waals surface area contributed by atoms with Gasteiger partial charge in [0.05, 0.1) is 5.48 Å². The van der Waals surface area contributed by atoms with Crippen LogP contribution < -0.4 is 15.8 Å². The molecule has 1 heterocycles. The van der Waals surface area contributed by atoms with E-state index in [1.54, 1.807) is 0 Å². The number of benzene rings is 1. The minimum Gasteiger partial charge on any atom is -0.457 e. The first-order chi connectivity index (χ1) is 10.4.